The average molecular weight is 411 g/mol. The molecule has 2 aromatic carbocycles. The highest BCUT2D eigenvalue weighted by molar-refractivity contribution is 6.38. The first kappa shape index (κ1) is 18.3. The molecule has 10 heteroatoms. The minimum absolute atomic E-state index is 0.0213. The number of nitrogen functional groups attached to an aromatic ring is 1. The van der Waals surface area contributed by atoms with Crippen LogP contribution in [0.15, 0.2) is 40.8 Å². The molecule has 144 valence electrons. The van der Waals surface area contributed by atoms with E-state index in [9.17, 15) is 17.6 Å². The molecule has 2 aromatic heterocycles. The second-order valence-corrected chi connectivity index (χ2v) is 6.39. The zero-order valence-corrected chi connectivity index (χ0v) is 14.7. The third-order valence-corrected chi connectivity index (χ3v) is 4.60. The highest BCUT2D eigenvalue weighted by atomic mass is 35.5. The first-order chi connectivity index (χ1) is 13.3. The Hall–Kier alpha value is -3.07. The van der Waals surface area contributed by atoms with Crippen molar-refractivity contribution in [2.24, 2.45) is 0 Å². The monoisotopic (exact) mass is 410 g/mol. The van der Waals surface area contributed by atoms with Gasteiger partial charge in [-0.05, 0) is 30.3 Å². The molecule has 2 heterocycles. The van der Waals surface area contributed by atoms with E-state index < -0.39 is 18.1 Å². The number of alkyl halides is 2. The molecule has 0 radical (unpaired) electrons. The molecule has 4 aromatic rings. The summed E-state index contributed by atoms with van der Waals surface area (Å²) in [5.41, 5.74) is 6.14. The van der Waals surface area contributed by atoms with Gasteiger partial charge in [0.15, 0.2) is 0 Å². The van der Waals surface area contributed by atoms with E-state index in [4.69, 9.17) is 21.8 Å². The number of aromatic nitrogens is 3. The summed E-state index contributed by atoms with van der Waals surface area (Å²) in [6.07, 6.45) is -2.79. The van der Waals surface area contributed by atoms with Gasteiger partial charge in [-0.3, -0.25) is 0 Å². The Morgan fingerprint density at radius 3 is 2.46 bits per heavy atom. The van der Waals surface area contributed by atoms with Crippen molar-refractivity contribution < 1.29 is 22.0 Å². The van der Waals surface area contributed by atoms with Crippen molar-refractivity contribution >= 4 is 28.2 Å². The maximum absolute atomic E-state index is 13.5. The Bertz CT molecular complexity index is 1170. The van der Waals surface area contributed by atoms with Crippen molar-refractivity contribution in [2.75, 3.05) is 5.73 Å². The van der Waals surface area contributed by atoms with Gasteiger partial charge in [0, 0.05) is 17.0 Å². The molecule has 28 heavy (non-hydrogen) atoms. The smallest absolute Gasteiger partial charge is 0.278 e. The fourth-order valence-electron chi connectivity index (χ4n) is 2.94. The number of hydrogen-bond donors (Lipinski definition) is 1. The summed E-state index contributed by atoms with van der Waals surface area (Å²) >= 11 is 6.13. The van der Waals surface area contributed by atoms with Crippen LogP contribution in [0.1, 0.15) is 18.0 Å². The van der Waals surface area contributed by atoms with Crippen molar-refractivity contribution in [1.82, 2.24) is 14.8 Å². The van der Waals surface area contributed by atoms with Gasteiger partial charge < -0.3 is 14.7 Å². The maximum atomic E-state index is 13.5. The Kier molecular flexibility index (Phi) is 4.46. The van der Waals surface area contributed by atoms with Crippen LogP contribution in [-0.2, 0) is 6.54 Å². The van der Waals surface area contributed by atoms with E-state index in [2.05, 4.69) is 10.2 Å². The van der Waals surface area contributed by atoms with Crippen molar-refractivity contribution in [3.8, 4) is 11.5 Å². The Morgan fingerprint density at radius 1 is 1.07 bits per heavy atom. The van der Waals surface area contributed by atoms with E-state index in [1.54, 1.807) is 6.07 Å². The van der Waals surface area contributed by atoms with Gasteiger partial charge in [-0.2, -0.15) is 0 Å². The molecule has 0 spiro atoms. The largest absolute Gasteiger partial charge is 0.419 e. The molecule has 0 aliphatic carbocycles. The summed E-state index contributed by atoms with van der Waals surface area (Å²) in [6.45, 7) is -0.186. The zero-order chi connectivity index (χ0) is 20.0. The second kappa shape index (κ2) is 6.83. The maximum Gasteiger partial charge on any atom is 0.278 e. The third-order valence-electron chi connectivity index (χ3n) is 4.17. The SMILES string of the molecule is Nc1ccc2c(cc(C(F)F)n2Cc2nnc(-c3cc(F)cc(F)c3)o2)c1Cl. The number of rotatable bonds is 4. The molecule has 0 atom stereocenters. The van der Waals surface area contributed by atoms with Crippen molar-refractivity contribution in [3.63, 3.8) is 0 Å². The van der Waals surface area contributed by atoms with Crippen LogP contribution in [-0.4, -0.2) is 14.8 Å². The third kappa shape index (κ3) is 3.18. The van der Waals surface area contributed by atoms with Crippen LogP contribution in [0.3, 0.4) is 0 Å². The molecule has 0 amide bonds. The number of halogens is 5. The molecule has 0 aliphatic rings. The van der Waals surface area contributed by atoms with Crippen molar-refractivity contribution in [2.45, 2.75) is 13.0 Å². The predicted octanol–water partition coefficient (Wildman–Crippen LogP) is 5.19. The molecular formula is C18H11ClF4N4O. The number of anilines is 1. The Morgan fingerprint density at radius 2 is 1.79 bits per heavy atom. The predicted molar refractivity (Wildman–Crippen MR) is 95.1 cm³/mol. The summed E-state index contributed by atoms with van der Waals surface area (Å²) in [4.78, 5) is 0. The number of fused-ring (bicyclic) bond motifs is 1. The highest BCUT2D eigenvalue weighted by Crippen LogP contribution is 2.35. The van der Waals surface area contributed by atoms with Gasteiger partial charge >= 0.3 is 0 Å². The summed E-state index contributed by atoms with van der Waals surface area (Å²) in [6, 6.07) is 7.07. The number of hydrogen-bond acceptors (Lipinski definition) is 4. The van der Waals surface area contributed by atoms with Gasteiger partial charge in [0.1, 0.15) is 18.2 Å². The van der Waals surface area contributed by atoms with Crippen LogP contribution in [0.2, 0.25) is 5.02 Å². The molecule has 0 bridgehead atoms. The van der Waals surface area contributed by atoms with Gasteiger partial charge in [-0.15, -0.1) is 10.2 Å². The normalized spacial score (nSPS) is 11.6. The van der Waals surface area contributed by atoms with Crippen molar-refractivity contribution in [1.29, 1.82) is 0 Å². The lowest BCUT2D eigenvalue weighted by Gasteiger charge is -2.08. The van der Waals surface area contributed by atoms with Crippen LogP contribution < -0.4 is 5.73 Å². The Balaban J connectivity index is 1.76. The lowest BCUT2D eigenvalue weighted by molar-refractivity contribution is 0.141. The fraction of sp³-hybridized carbons (Fsp3) is 0.111. The summed E-state index contributed by atoms with van der Waals surface area (Å²) in [5, 5.41) is 8.06. The van der Waals surface area contributed by atoms with Crippen molar-refractivity contribution in [3.05, 3.63) is 64.6 Å². The van der Waals surface area contributed by atoms with E-state index in [0.717, 1.165) is 12.1 Å². The molecule has 0 aliphatic heterocycles. The van der Waals surface area contributed by atoms with E-state index in [0.29, 0.717) is 17.0 Å². The first-order valence-electron chi connectivity index (χ1n) is 7.97. The summed E-state index contributed by atoms with van der Waals surface area (Å²) < 4.78 is 60.5. The van der Waals surface area contributed by atoms with Crippen LogP contribution in [0.5, 0.6) is 0 Å². The van der Waals surface area contributed by atoms with E-state index in [1.807, 2.05) is 0 Å². The first-order valence-corrected chi connectivity index (χ1v) is 8.35. The minimum Gasteiger partial charge on any atom is -0.419 e. The molecule has 5 nitrogen and oxygen atoms in total. The number of nitrogens with zero attached hydrogens (tertiary/aromatic N) is 3. The molecule has 0 saturated carbocycles. The van der Waals surface area contributed by atoms with Gasteiger partial charge in [-0.25, -0.2) is 17.6 Å². The van der Waals surface area contributed by atoms with Crippen LogP contribution >= 0.6 is 11.6 Å². The van der Waals surface area contributed by atoms with E-state index in [1.165, 1.54) is 16.7 Å². The second-order valence-electron chi connectivity index (χ2n) is 6.02. The standard InChI is InChI=1S/C18H11ClF4N4O/c19-16-11-6-14(17(22)23)27(13(11)2-1-12(16)24)7-15-25-26-18(28-15)8-3-9(20)5-10(21)4-8/h1-6,17H,7,24H2. The zero-order valence-electron chi connectivity index (χ0n) is 14.0. The quantitative estimate of drug-likeness (QED) is 0.371. The summed E-state index contributed by atoms with van der Waals surface area (Å²) in [5.74, 6) is -1.77. The topological polar surface area (TPSA) is 69.9 Å². The van der Waals surface area contributed by atoms with Gasteiger partial charge in [-0.1, -0.05) is 11.6 Å². The Labute approximate surface area is 160 Å². The number of nitrogens with two attached hydrogens (primary N) is 1. The van der Waals surface area contributed by atoms with Crippen LogP contribution in [0, 0.1) is 11.6 Å². The minimum atomic E-state index is -2.79. The lowest BCUT2D eigenvalue weighted by atomic mass is 10.2. The molecule has 0 unspecified atom stereocenters. The fourth-order valence-corrected chi connectivity index (χ4v) is 3.16. The van der Waals surface area contributed by atoms with Gasteiger partial charge in [0.2, 0.25) is 11.8 Å². The van der Waals surface area contributed by atoms with Gasteiger partial charge in [0.25, 0.3) is 6.43 Å². The van der Waals surface area contributed by atoms with Crippen LogP contribution in [0.25, 0.3) is 22.4 Å². The van der Waals surface area contributed by atoms with E-state index >= 15 is 0 Å². The molecule has 4 rings (SSSR count). The number of benzene rings is 2. The molecule has 0 fully saturated rings. The lowest BCUT2D eigenvalue weighted by Crippen LogP contribution is -2.05. The molecular weight excluding hydrogens is 400 g/mol. The molecule has 0 saturated heterocycles. The van der Waals surface area contributed by atoms with Crippen LogP contribution in [0.4, 0.5) is 23.2 Å². The molecule has 2 N–H and O–H groups in total. The van der Waals surface area contributed by atoms with E-state index in [-0.39, 0.29) is 40.3 Å². The van der Waals surface area contributed by atoms with Gasteiger partial charge in [0.05, 0.1) is 21.9 Å². The average Bonchev–Trinajstić information content (AvgIpc) is 3.23. The summed E-state index contributed by atoms with van der Waals surface area (Å²) in [7, 11) is 0. The highest BCUT2D eigenvalue weighted by Gasteiger charge is 2.21.